The van der Waals surface area contributed by atoms with Gasteiger partial charge in [0.1, 0.15) is 5.76 Å². The minimum absolute atomic E-state index is 0.178. The molecule has 0 saturated carbocycles. The smallest absolute Gasteiger partial charge is 0.223 e. The van der Waals surface area contributed by atoms with E-state index in [-0.39, 0.29) is 5.91 Å². The highest BCUT2D eigenvalue weighted by atomic mass is 32.1. The summed E-state index contributed by atoms with van der Waals surface area (Å²) in [7, 11) is 0. The molecule has 0 radical (unpaired) electrons. The van der Waals surface area contributed by atoms with Crippen LogP contribution in [0.5, 0.6) is 0 Å². The Morgan fingerprint density at radius 3 is 2.79 bits per heavy atom. The highest BCUT2D eigenvalue weighted by molar-refractivity contribution is 7.07. The second-order valence-electron chi connectivity index (χ2n) is 5.06. The van der Waals surface area contributed by atoms with Gasteiger partial charge in [-0.2, -0.15) is 11.3 Å². The maximum absolute atomic E-state index is 12.3. The Labute approximate surface area is 117 Å². The van der Waals surface area contributed by atoms with E-state index in [1.807, 2.05) is 22.4 Å². The largest absolute Gasteiger partial charge is 0.467 e. The van der Waals surface area contributed by atoms with Gasteiger partial charge in [0.05, 0.1) is 12.8 Å². The third-order valence-electron chi connectivity index (χ3n) is 2.82. The minimum Gasteiger partial charge on any atom is -0.467 e. The van der Waals surface area contributed by atoms with Gasteiger partial charge in [-0.1, -0.05) is 13.8 Å². The zero-order valence-electron chi connectivity index (χ0n) is 11.3. The SMILES string of the molecule is CC(C)CC(=O)N(Cc1ccsc1)Cc1ccco1. The van der Waals surface area contributed by atoms with Crippen LogP contribution in [0.4, 0.5) is 0 Å². The first-order chi connectivity index (χ1) is 9.15. The van der Waals surface area contributed by atoms with Crippen molar-refractivity contribution in [1.82, 2.24) is 4.90 Å². The van der Waals surface area contributed by atoms with Crippen LogP contribution in [0.1, 0.15) is 31.6 Å². The van der Waals surface area contributed by atoms with Gasteiger partial charge in [-0.3, -0.25) is 4.79 Å². The van der Waals surface area contributed by atoms with E-state index in [2.05, 4.69) is 25.3 Å². The highest BCUT2D eigenvalue weighted by Crippen LogP contribution is 2.15. The van der Waals surface area contributed by atoms with Crippen LogP contribution in [0.2, 0.25) is 0 Å². The lowest BCUT2D eigenvalue weighted by Gasteiger charge is -2.22. The number of furan rings is 1. The molecule has 1 amide bonds. The minimum atomic E-state index is 0.178. The van der Waals surface area contributed by atoms with Gasteiger partial charge >= 0.3 is 0 Å². The third-order valence-corrected chi connectivity index (χ3v) is 3.55. The number of carbonyl (C=O) groups excluding carboxylic acids is 1. The molecule has 2 heterocycles. The van der Waals surface area contributed by atoms with Crippen molar-refractivity contribution in [2.75, 3.05) is 0 Å². The van der Waals surface area contributed by atoms with E-state index in [9.17, 15) is 4.79 Å². The predicted molar refractivity (Wildman–Crippen MR) is 76.7 cm³/mol. The van der Waals surface area contributed by atoms with Crippen molar-refractivity contribution in [3.05, 3.63) is 46.5 Å². The molecule has 2 rings (SSSR count). The summed E-state index contributed by atoms with van der Waals surface area (Å²) in [5.74, 6) is 1.37. The lowest BCUT2D eigenvalue weighted by atomic mass is 10.1. The van der Waals surface area contributed by atoms with Gasteiger partial charge < -0.3 is 9.32 Å². The van der Waals surface area contributed by atoms with E-state index in [1.54, 1.807) is 17.6 Å². The van der Waals surface area contributed by atoms with Gasteiger partial charge in [0.15, 0.2) is 0 Å². The standard InChI is InChI=1S/C15H19NO2S/c1-12(2)8-15(17)16(9-13-5-7-19-11-13)10-14-4-3-6-18-14/h3-7,11-12H,8-10H2,1-2H3. The maximum Gasteiger partial charge on any atom is 0.223 e. The maximum atomic E-state index is 12.3. The Hall–Kier alpha value is -1.55. The third kappa shape index (κ3) is 4.24. The van der Waals surface area contributed by atoms with E-state index in [4.69, 9.17) is 4.42 Å². The van der Waals surface area contributed by atoms with Gasteiger partial charge in [0.2, 0.25) is 5.91 Å². The monoisotopic (exact) mass is 277 g/mol. The molecular formula is C15H19NO2S. The lowest BCUT2D eigenvalue weighted by molar-refractivity contribution is -0.133. The average Bonchev–Trinajstić information content (AvgIpc) is 2.99. The topological polar surface area (TPSA) is 33.5 Å². The Bertz CT molecular complexity index is 452. The molecule has 2 aromatic rings. The number of amides is 1. The number of nitrogens with zero attached hydrogens (tertiary/aromatic N) is 1. The molecule has 0 saturated heterocycles. The molecule has 0 unspecified atom stereocenters. The molecule has 0 atom stereocenters. The molecule has 3 nitrogen and oxygen atoms in total. The van der Waals surface area contributed by atoms with Crippen molar-refractivity contribution in [1.29, 1.82) is 0 Å². The van der Waals surface area contributed by atoms with Crippen LogP contribution in [0.15, 0.2) is 39.6 Å². The fourth-order valence-electron chi connectivity index (χ4n) is 1.90. The van der Waals surface area contributed by atoms with Gasteiger partial charge in [0.25, 0.3) is 0 Å². The van der Waals surface area contributed by atoms with Crippen LogP contribution in [-0.4, -0.2) is 10.8 Å². The molecule has 102 valence electrons. The molecule has 0 aliphatic carbocycles. The number of thiophene rings is 1. The normalized spacial score (nSPS) is 10.9. The molecule has 4 heteroatoms. The van der Waals surface area contributed by atoms with Crippen LogP contribution in [0.25, 0.3) is 0 Å². The van der Waals surface area contributed by atoms with Crippen LogP contribution >= 0.6 is 11.3 Å². The van der Waals surface area contributed by atoms with Crippen molar-refractivity contribution in [2.45, 2.75) is 33.4 Å². The highest BCUT2D eigenvalue weighted by Gasteiger charge is 2.17. The summed E-state index contributed by atoms with van der Waals surface area (Å²) < 4.78 is 5.35. The van der Waals surface area contributed by atoms with Crippen molar-refractivity contribution in [3.8, 4) is 0 Å². The van der Waals surface area contributed by atoms with E-state index in [0.717, 1.165) is 5.76 Å². The zero-order chi connectivity index (χ0) is 13.7. The summed E-state index contributed by atoms with van der Waals surface area (Å²) in [4.78, 5) is 14.2. The molecule has 2 aromatic heterocycles. The van der Waals surface area contributed by atoms with E-state index >= 15 is 0 Å². The Morgan fingerprint density at radius 1 is 1.37 bits per heavy atom. The Kier molecular flexibility index (Phi) is 4.80. The van der Waals surface area contributed by atoms with Crippen LogP contribution in [0, 0.1) is 5.92 Å². The molecule has 0 bridgehead atoms. The molecular weight excluding hydrogens is 258 g/mol. The Morgan fingerprint density at radius 2 is 2.21 bits per heavy atom. The zero-order valence-corrected chi connectivity index (χ0v) is 12.2. The van der Waals surface area contributed by atoms with Crippen molar-refractivity contribution in [2.24, 2.45) is 5.92 Å². The van der Waals surface area contributed by atoms with Crippen molar-refractivity contribution in [3.63, 3.8) is 0 Å². The van der Waals surface area contributed by atoms with Crippen molar-refractivity contribution >= 4 is 17.2 Å². The molecule has 0 aromatic carbocycles. The first-order valence-electron chi connectivity index (χ1n) is 6.46. The van der Waals surface area contributed by atoms with Gasteiger partial charge in [0, 0.05) is 13.0 Å². The lowest BCUT2D eigenvalue weighted by Crippen LogP contribution is -2.30. The van der Waals surface area contributed by atoms with Crippen LogP contribution in [-0.2, 0) is 17.9 Å². The summed E-state index contributed by atoms with van der Waals surface area (Å²) in [6, 6.07) is 5.82. The molecule has 0 aliphatic heterocycles. The summed E-state index contributed by atoms with van der Waals surface area (Å²) in [5.41, 5.74) is 1.17. The first-order valence-corrected chi connectivity index (χ1v) is 7.40. The van der Waals surface area contributed by atoms with Gasteiger partial charge in [-0.15, -0.1) is 0 Å². The van der Waals surface area contributed by atoms with E-state index in [1.165, 1.54) is 5.56 Å². The molecule has 0 spiro atoms. The fraction of sp³-hybridized carbons (Fsp3) is 0.400. The molecule has 0 aliphatic rings. The van der Waals surface area contributed by atoms with Gasteiger partial charge in [-0.05, 0) is 40.4 Å². The number of carbonyl (C=O) groups is 1. The first kappa shape index (κ1) is 13.9. The predicted octanol–water partition coefficient (Wildman–Crippen LogP) is 3.92. The summed E-state index contributed by atoms with van der Waals surface area (Å²) in [5, 5.41) is 4.12. The molecule has 0 N–H and O–H groups in total. The van der Waals surface area contributed by atoms with E-state index < -0.39 is 0 Å². The van der Waals surface area contributed by atoms with Crippen molar-refractivity contribution < 1.29 is 9.21 Å². The number of rotatable bonds is 6. The fourth-order valence-corrected chi connectivity index (χ4v) is 2.56. The average molecular weight is 277 g/mol. The molecule has 19 heavy (non-hydrogen) atoms. The second-order valence-corrected chi connectivity index (χ2v) is 5.84. The molecule has 0 fully saturated rings. The number of hydrogen-bond acceptors (Lipinski definition) is 3. The summed E-state index contributed by atoms with van der Waals surface area (Å²) in [6.45, 7) is 5.31. The van der Waals surface area contributed by atoms with Crippen LogP contribution in [0.3, 0.4) is 0 Å². The number of hydrogen-bond donors (Lipinski definition) is 0. The van der Waals surface area contributed by atoms with Gasteiger partial charge in [-0.25, -0.2) is 0 Å². The second kappa shape index (κ2) is 6.57. The Balaban J connectivity index is 2.05. The summed E-state index contributed by atoms with van der Waals surface area (Å²) >= 11 is 1.65. The van der Waals surface area contributed by atoms with E-state index in [0.29, 0.717) is 25.4 Å². The van der Waals surface area contributed by atoms with Crippen LogP contribution < -0.4 is 0 Å². The quantitative estimate of drug-likeness (QED) is 0.802. The summed E-state index contributed by atoms with van der Waals surface area (Å²) in [6.07, 6.45) is 2.22.